The van der Waals surface area contributed by atoms with E-state index in [1.807, 2.05) is 17.7 Å². The fraction of sp³-hybridized carbons (Fsp3) is 0.500. The Balaban J connectivity index is 2.86. The molecule has 2 N–H and O–H groups in total. The van der Waals surface area contributed by atoms with E-state index >= 15 is 0 Å². The number of hydrogen-bond acceptors (Lipinski definition) is 3. The van der Waals surface area contributed by atoms with Crippen LogP contribution in [0.3, 0.4) is 0 Å². The van der Waals surface area contributed by atoms with Crippen molar-refractivity contribution in [2.45, 2.75) is 13.0 Å². The standard InChI is InChI=1S/C8H13N3OS/c1-6(5-12-2)11-4-3-10-8(11)7(9)13/h3-4,6H,5H2,1-2H3,(H2,9,13). The van der Waals surface area contributed by atoms with Crippen molar-refractivity contribution in [1.29, 1.82) is 0 Å². The Bertz CT molecular complexity index is 297. The van der Waals surface area contributed by atoms with Gasteiger partial charge in [-0.05, 0) is 6.92 Å². The van der Waals surface area contributed by atoms with Gasteiger partial charge in [-0.25, -0.2) is 4.98 Å². The molecule has 0 saturated carbocycles. The summed E-state index contributed by atoms with van der Waals surface area (Å²) in [6.45, 7) is 2.64. The van der Waals surface area contributed by atoms with Gasteiger partial charge in [0.15, 0.2) is 5.82 Å². The van der Waals surface area contributed by atoms with Crippen molar-refractivity contribution in [2.24, 2.45) is 5.73 Å². The molecule has 0 fully saturated rings. The third-order valence-electron chi connectivity index (χ3n) is 1.77. The van der Waals surface area contributed by atoms with Gasteiger partial charge in [-0.1, -0.05) is 12.2 Å². The van der Waals surface area contributed by atoms with E-state index in [9.17, 15) is 0 Å². The van der Waals surface area contributed by atoms with Gasteiger partial charge in [-0.2, -0.15) is 0 Å². The molecule has 1 aromatic heterocycles. The summed E-state index contributed by atoms with van der Waals surface area (Å²) in [6, 6.07) is 0.198. The van der Waals surface area contributed by atoms with Crippen molar-refractivity contribution >= 4 is 17.2 Å². The maximum atomic E-state index is 5.50. The molecule has 1 aromatic rings. The van der Waals surface area contributed by atoms with Crippen LogP contribution in [0.1, 0.15) is 18.8 Å². The zero-order chi connectivity index (χ0) is 9.84. The summed E-state index contributed by atoms with van der Waals surface area (Å²) in [5, 5.41) is 0. The Labute approximate surface area is 82.7 Å². The molecule has 13 heavy (non-hydrogen) atoms. The minimum Gasteiger partial charge on any atom is -0.387 e. The molecule has 0 aliphatic heterocycles. The minimum atomic E-state index is 0.198. The number of rotatable bonds is 4. The number of nitrogens with zero attached hydrogens (tertiary/aromatic N) is 2. The highest BCUT2D eigenvalue weighted by Crippen LogP contribution is 2.08. The maximum Gasteiger partial charge on any atom is 0.167 e. The number of imidazole rings is 1. The molecule has 0 bridgehead atoms. The first-order valence-electron chi connectivity index (χ1n) is 3.98. The zero-order valence-electron chi connectivity index (χ0n) is 7.73. The van der Waals surface area contributed by atoms with Crippen LogP contribution in [-0.4, -0.2) is 28.3 Å². The molecule has 1 rings (SSSR count). The Hall–Kier alpha value is -0.940. The van der Waals surface area contributed by atoms with Crippen LogP contribution >= 0.6 is 12.2 Å². The van der Waals surface area contributed by atoms with Crippen LogP contribution < -0.4 is 5.73 Å². The number of nitrogens with two attached hydrogens (primary N) is 1. The lowest BCUT2D eigenvalue weighted by Crippen LogP contribution is -2.20. The predicted octanol–water partition coefficient (Wildman–Crippen LogP) is 0.725. The monoisotopic (exact) mass is 199 g/mol. The van der Waals surface area contributed by atoms with Crippen molar-refractivity contribution < 1.29 is 4.74 Å². The molecule has 1 unspecified atom stereocenters. The highest BCUT2D eigenvalue weighted by molar-refractivity contribution is 7.80. The van der Waals surface area contributed by atoms with Crippen molar-refractivity contribution in [2.75, 3.05) is 13.7 Å². The SMILES string of the molecule is COCC(C)n1ccnc1C(N)=S. The fourth-order valence-corrected chi connectivity index (χ4v) is 1.34. The minimum absolute atomic E-state index is 0.198. The van der Waals surface area contributed by atoms with Crippen LogP contribution in [0, 0.1) is 0 Å². The number of aromatic nitrogens is 2. The normalized spacial score (nSPS) is 12.8. The van der Waals surface area contributed by atoms with Gasteiger partial charge in [-0.3, -0.25) is 0 Å². The van der Waals surface area contributed by atoms with E-state index < -0.39 is 0 Å². The van der Waals surface area contributed by atoms with Gasteiger partial charge < -0.3 is 15.0 Å². The summed E-state index contributed by atoms with van der Waals surface area (Å²) in [5.41, 5.74) is 5.50. The largest absolute Gasteiger partial charge is 0.387 e. The topological polar surface area (TPSA) is 53.1 Å². The van der Waals surface area contributed by atoms with Gasteiger partial charge in [0.05, 0.1) is 12.6 Å². The molecule has 0 aliphatic carbocycles. The Morgan fingerprint density at radius 3 is 3.08 bits per heavy atom. The van der Waals surface area contributed by atoms with Crippen LogP contribution in [-0.2, 0) is 4.74 Å². The molecule has 1 heterocycles. The third-order valence-corrected chi connectivity index (χ3v) is 1.95. The average Bonchev–Trinajstić information content (AvgIpc) is 2.52. The van der Waals surface area contributed by atoms with Gasteiger partial charge in [0.2, 0.25) is 0 Å². The molecular weight excluding hydrogens is 186 g/mol. The van der Waals surface area contributed by atoms with Crippen molar-refractivity contribution in [3.8, 4) is 0 Å². The van der Waals surface area contributed by atoms with E-state index in [0.717, 1.165) is 0 Å². The van der Waals surface area contributed by atoms with Crippen LogP contribution in [0.5, 0.6) is 0 Å². The lowest BCUT2D eigenvalue weighted by Gasteiger charge is -2.14. The summed E-state index contributed by atoms with van der Waals surface area (Å²) in [5.74, 6) is 0.638. The summed E-state index contributed by atoms with van der Waals surface area (Å²) >= 11 is 4.86. The summed E-state index contributed by atoms with van der Waals surface area (Å²) in [4.78, 5) is 4.37. The Morgan fingerprint density at radius 2 is 2.54 bits per heavy atom. The molecule has 72 valence electrons. The summed E-state index contributed by atoms with van der Waals surface area (Å²) in [7, 11) is 1.66. The number of hydrogen-bond donors (Lipinski definition) is 1. The van der Waals surface area contributed by atoms with Crippen molar-refractivity contribution in [3.63, 3.8) is 0 Å². The van der Waals surface area contributed by atoms with Crippen LogP contribution in [0.4, 0.5) is 0 Å². The lowest BCUT2D eigenvalue weighted by atomic mass is 10.3. The fourth-order valence-electron chi connectivity index (χ4n) is 1.18. The Kier molecular flexibility index (Phi) is 3.39. The van der Waals surface area contributed by atoms with Gasteiger partial charge in [0.25, 0.3) is 0 Å². The predicted molar refractivity (Wildman–Crippen MR) is 54.7 cm³/mol. The highest BCUT2D eigenvalue weighted by Gasteiger charge is 2.10. The second-order valence-corrected chi connectivity index (χ2v) is 3.27. The molecule has 0 radical (unpaired) electrons. The molecule has 5 heteroatoms. The smallest absolute Gasteiger partial charge is 0.167 e. The highest BCUT2D eigenvalue weighted by atomic mass is 32.1. The van der Waals surface area contributed by atoms with Crippen LogP contribution in [0.15, 0.2) is 12.4 Å². The van der Waals surface area contributed by atoms with Crippen molar-refractivity contribution in [3.05, 3.63) is 18.2 Å². The molecule has 4 nitrogen and oxygen atoms in total. The van der Waals surface area contributed by atoms with Gasteiger partial charge in [-0.15, -0.1) is 0 Å². The van der Waals surface area contributed by atoms with Crippen LogP contribution in [0.2, 0.25) is 0 Å². The van der Waals surface area contributed by atoms with Crippen molar-refractivity contribution in [1.82, 2.24) is 9.55 Å². The maximum absolute atomic E-state index is 5.50. The van der Waals surface area contributed by atoms with Gasteiger partial charge >= 0.3 is 0 Å². The first-order valence-corrected chi connectivity index (χ1v) is 4.39. The van der Waals surface area contributed by atoms with E-state index in [1.54, 1.807) is 13.3 Å². The number of thiocarbonyl (C=S) groups is 1. The molecule has 0 aromatic carbocycles. The quantitative estimate of drug-likeness (QED) is 0.726. The molecule has 0 spiro atoms. The van der Waals surface area contributed by atoms with E-state index in [1.165, 1.54) is 0 Å². The van der Waals surface area contributed by atoms with Gasteiger partial charge in [0.1, 0.15) is 4.99 Å². The molecule has 1 atom stereocenters. The first-order chi connectivity index (χ1) is 6.16. The summed E-state index contributed by atoms with van der Waals surface area (Å²) < 4.78 is 6.94. The van der Waals surface area contributed by atoms with E-state index in [2.05, 4.69) is 4.98 Å². The third kappa shape index (κ3) is 2.26. The zero-order valence-corrected chi connectivity index (χ0v) is 8.54. The molecule has 0 amide bonds. The molecular formula is C8H13N3OS. The number of ether oxygens (including phenoxy) is 1. The number of methoxy groups -OCH3 is 1. The first kappa shape index (κ1) is 10.1. The van der Waals surface area contributed by atoms with E-state index in [-0.39, 0.29) is 6.04 Å². The second kappa shape index (κ2) is 4.34. The van der Waals surface area contributed by atoms with E-state index in [4.69, 9.17) is 22.7 Å². The van der Waals surface area contributed by atoms with Crippen LogP contribution in [0.25, 0.3) is 0 Å². The summed E-state index contributed by atoms with van der Waals surface area (Å²) in [6.07, 6.45) is 3.53. The van der Waals surface area contributed by atoms with Gasteiger partial charge in [0, 0.05) is 19.5 Å². The Morgan fingerprint density at radius 1 is 1.85 bits per heavy atom. The molecule has 0 aliphatic rings. The lowest BCUT2D eigenvalue weighted by molar-refractivity contribution is 0.162. The van der Waals surface area contributed by atoms with E-state index in [0.29, 0.717) is 17.4 Å². The average molecular weight is 199 g/mol. The second-order valence-electron chi connectivity index (χ2n) is 2.83. The molecule has 0 saturated heterocycles.